The number of fused-ring (bicyclic) bond motifs is 1. The molecule has 53 heavy (non-hydrogen) atoms. The van der Waals surface area contributed by atoms with Gasteiger partial charge in [0.05, 0.1) is 23.0 Å². The normalized spacial score (nSPS) is 18.7. The number of carbonyl (C=O) groups is 5. The zero-order chi connectivity index (χ0) is 39.6. The standard InChI is InChI=1S/C32H40N8O11S2/c1-15-21-20(16(2)41)24(43)39(21)22(25(44)49-14-17-9-11-18(12-10-17)40(47)48)23(15)52-29-36-27(37-53-29)34-19(42)13-38(30(46)51-32(6,7)8)26(33)35-28(45)50-31(3,4)5/h9-12,15-16,20-21,41H,13-14H2,1-8H3,(H2,33,35,45)(H,34,37,42)/t15-,16-,20-,21-/m1/s1. The van der Waals surface area contributed by atoms with Gasteiger partial charge >= 0.3 is 18.2 Å². The Labute approximate surface area is 312 Å². The number of ether oxygens (including phenoxy) is 3. The molecule has 2 aromatic rings. The zero-order valence-electron chi connectivity index (χ0n) is 30.1. The van der Waals surface area contributed by atoms with Crippen LogP contribution in [-0.4, -0.2) is 95.0 Å². The van der Waals surface area contributed by atoms with Gasteiger partial charge in [-0.2, -0.15) is 9.36 Å². The van der Waals surface area contributed by atoms with Crippen molar-refractivity contribution < 1.29 is 48.2 Å². The summed E-state index contributed by atoms with van der Waals surface area (Å²) in [4.78, 5) is 81.9. The van der Waals surface area contributed by atoms with Crippen LogP contribution in [0.25, 0.3) is 0 Å². The molecule has 0 spiro atoms. The fourth-order valence-electron chi connectivity index (χ4n) is 5.30. The molecule has 0 bridgehead atoms. The first kappa shape index (κ1) is 40.6. The lowest BCUT2D eigenvalue weighted by Crippen LogP contribution is -2.63. The molecule has 21 heteroatoms. The maximum Gasteiger partial charge on any atom is 0.417 e. The number of nitrogens with one attached hydrogen (secondary N) is 3. The lowest BCUT2D eigenvalue weighted by molar-refractivity contribution is -0.384. The Kier molecular flexibility index (Phi) is 12.1. The topological polar surface area (TPSA) is 257 Å². The third kappa shape index (κ3) is 10.0. The van der Waals surface area contributed by atoms with Crippen LogP contribution in [0.5, 0.6) is 0 Å². The molecule has 1 fully saturated rings. The van der Waals surface area contributed by atoms with Crippen LogP contribution in [0.15, 0.2) is 39.2 Å². The summed E-state index contributed by atoms with van der Waals surface area (Å²) in [5.41, 5.74) is -1.60. The van der Waals surface area contributed by atoms with Crippen LogP contribution in [0.1, 0.15) is 61.0 Å². The number of amides is 4. The highest BCUT2D eigenvalue weighted by Gasteiger charge is 2.60. The van der Waals surface area contributed by atoms with Crippen molar-refractivity contribution in [3.63, 3.8) is 0 Å². The molecule has 1 saturated heterocycles. The van der Waals surface area contributed by atoms with E-state index in [0.717, 1.165) is 23.3 Å². The Balaban J connectivity index is 1.50. The zero-order valence-corrected chi connectivity index (χ0v) is 31.7. The summed E-state index contributed by atoms with van der Waals surface area (Å²) in [6.07, 6.45) is -3.12. The van der Waals surface area contributed by atoms with E-state index in [1.165, 1.54) is 36.1 Å². The van der Waals surface area contributed by atoms with E-state index in [4.69, 9.17) is 19.6 Å². The number of nitro groups is 1. The van der Waals surface area contributed by atoms with Crippen molar-refractivity contribution in [3.05, 3.63) is 50.5 Å². The second-order valence-corrected chi connectivity index (χ2v) is 16.1. The SMILES string of the molecule is C[C@@H](O)[C@H]1C(=O)N2C(C(=O)OCc3ccc([N+](=O)[O-])cc3)=C(Sc3nc(NC(=O)CN(C(=N)NC(=O)OC(C)(C)C)C(=O)OC(C)(C)C)ns3)[C@H](C)[C@H]12. The summed E-state index contributed by atoms with van der Waals surface area (Å²) in [6.45, 7) is 11.8. The Morgan fingerprint density at radius 1 is 1.13 bits per heavy atom. The molecule has 4 N–H and O–H groups in total. The number of anilines is 1. The molecule has 2 aliphatic rings. The predicted molar refractivity (Wildman–Crippen MR) is 189 cm³/mol. The number of β-lactam (4-membered cyclic amide) rings is 1. The van der Waals surface area contributed by atoms with Crippen LogP contribution in [0, 0.1) is 27.4 Å². The van der Waals surface area contributed by atoms with Gasteiger partial charge in [-0.15, -0.1) is 0 Å². The van der Waals surface area contributed by atoms with E-state index in [9.17, 15) is 39.2 Å². The molecular formula is C32H40N8O11S2. The van der Waals surface area contributed by atoms with E-state index in [1.807, 2.05) is 0 Å². The molecule has 4 rings (SSSR count). The van der Waals surface area contributed by atoms with Crippen LogP contribution in [0.3, 0.4) is 0 Å². The molecule has 286 valence electrons. The Hall–Kier alpha value is -5.15. The number of alkyl carbamates (subject to hydrolysis) is 1. The minimum atomic E-state index is -1.10. The number of aliphatic hydroxyl groups excluding tert-OH is 1. The Bertz CT molecular complexity index is 1830. The molecule has 0 saturated carbocycles. The molecule has 2 aliphatic heterocycles. The van der Waals surface area contributed by atoms with Crippen molar-refractivity contribution in [1.29, 1.82) is 5.41 Å². The number of thioether (sulfide) groups is 1. The first-order chi connectivity index (χ1) is 24.6. The molecular weight excluding hydrogens is 737 g/mol. The smallest absolute Gasteiger partial charge is 0.417 e. The third-order valence-corrected chi connectivity index (χ3v) is 9.52. The molecule has 0 unspecified atom stereocenters. The van der Waals surface area contributed by atoms with Gasteiger partial charge in [0.1, 0.15) is 30.1 Å². The molecule has 0 radical (unpaired) electrons. The minimum absolute atomic E-state index is 0.0406. The largest absolute Gasteiger partial charge is 0.456 e. The second-order valence-electron chi connectivity index (χ2n) is 14.0. The number of guanidine groups is 1. The monoisotopic (exact) mass is 776 g/mol. The van der Waals surface area contributed by atoms with Gasteiger partial charge in [0.2, 0.25) is 23.7 Å². The molecule has 1 aromatic heterocycles. The summed E-state index contributed by atoms with van der Waals surface area (Å²) < 4.78 is 20.4. The quantitative estimate of drug-likeness (QED) is 0.0506. The molecule has 0 aliphatic carbocycles. The number of hydrogen-bond acceptors (Lipinski definition) is 16. The van der Waals surface area contributed by atoms with Crippen molar-refractivity contribution in [2.75, 3.05) is 11.9 Å². The van der Waals surface area contributed by atoms with Crippen LogP contribution in [0.2, 0.25) is 0 Å². The summed E-state index contributed by atoms with van der Waals surface area (Å²) in [5.74, 6) is -4.29. The Morgan fingerprint density at radius 3 is 2.32 bits per heavy atom. The first-order valence-electron chi connectivity index (χ1n) is 16.1. The van der Waals surface area contributed by atoms with E-state index < -0.39 is 82.6 Å². The van der Waals surface area contributed by atoms with Gasteiger partial charge in [-0.3, -0.25) is 35.7 Å². The number of nitrogens with zero attached hydrogens (tertiary/aromatic N) is 5. The van der Waals surface area contributed by atoms with Crippen molar-refractivity contribution in [1.82, 2.24) is 24.5 Å². The molecule has 3 heterocycles. The molecule has 19 nitrogen and oxygen atoms in total. The third-order valence-electron chi connectivity index (χ3n) is 7.48. The van der Waals surface area contributed by atoms with E-state index >= 15 is 0 Å². The van der Waals surface area contributed by atoms with E-state index in [0.29, 0.717) is 15.4 Å². The van der Waals surface area contributed by atoms with E-state index in [1.54, 1.807) is 48.5 Å². The highest BCUT2D eigenvalue weighted by Crippen LogP contribution is 2.52. The molecule has 4 amide bonds. The lowest BCUT2D eigenvalue weighted by Gasteiger charge is -2.46. The van der Waals surface area contributed by atoms with Crippen LogP contribution in [-0.2, 0) is 35.2 Å². The summed E-state index contributed by atoms with van der Waals surface area (Å²) in [6, 6.07) is 4.89. The Morgan fingerprint density at radius 2 is 1.75 bits per heavy atom. The molecule has 4 atom stereocenters. The number of non-ortho nitro benzene ring substituents is 1. The van der Waals surface area contributed by atoms with Gasteiger partial charge in [0.25, 0.3) is 5.69 Å². The van der Waals surface area contributed by atoms with Gasteiger partial charge in [-0.05, 0) is 77.7 Å². The average molecular weight is 777 g/mol. The van der Waals surface area contributed by atoms with Crippen LogP contribution < -0.4 is 10.6 Å². The number of esters is 1. The number of aliphatic hydroxyl groups is 1. The fraction of sp³-hybridized carbons (Fsp3) is 0.500. The van der Waals surface area contributed by atoms with Crippen molar-refractivity contribution in [2.45, 2.75) is 89.7 Å². The number of rotatable bonds is 10. The maximum absolute atomic E-state index is 13.5. The highest BCUT2D eigenvalue weighted by atomic mass is 32.2. The second kappa shape index (κ2) is 15.8. The van der Waals surface area contributed by atoms with E-state index in [-0.39, 0.29) is 28.3 Å². The van der Waals surface area contributed by atoms with Gasteiger partial charge in [0, 0.05) is 23.0 Å². The number of aromatic nitrogens is 2. The van der Waals surface area contributed by atoms with E-state index in [2.05, 4.69) is 20.0 Å². The fourth-order valence-corrected chi connectivity index (χ4v) is 7.13. The van der Waals surface area contributed by atoms with Crippen LogP contribution >= 0.6 is 23.3 Å². The van der Waals surface area contributed by atoms with Gasteiger partial charge in [-0.1, -0.05) is 18.7 Å². The van der Waals surface area contributed by atoms with Crippen LogP contribution in [0.4, 0.5) is 21.2 Å². The maximum atomic E-state index is 13.5. The predicted octanol–water partition coefficient (Wildman–Crippen LogP) is 3.99. The summed E-state index contributed by atoms with van der Waals surface area (Å²) in [5, 5.41) is 34.1. The van der Waals surface area contributed by atoms with Crippen molar-refractivity contribution in [3.8, 4) is 0 Å². The number of hydrogen-bond donors (Lipinski definition) is 4. The highest BCUT2D eigenvalue weighted by molar-refractivity contribution is 8.04. The number of nitro benzene ring substituents is 1. The van der Waals surface area contributed by atoms with Gasteiger partial charge in [0.15, 0.2) is 4.34 Å². The van der Waals surface area contributed by atoms with Crippen molar-refractivity contribution >= 4 is 70.9 Å². The summed E-state index contributed by atoms with van der Waals surface area (Å²) >= 11 is 1.88. The van der Waals surface area contributed by atoms with Gasteiger partial charge in [-0.25, -0.2) is 19.3 Å². The lowest BCUT2D eigenvalue weighted by atomic mass is 9.79. The van der Waals surface area contributed by atoms with Gasteiger partial charge < -0.3 is 24.2 Å². The van der Waals surface area contributed by atoms with Crippen molar-refractivity contribution in [2.24, 2.45) is 11.8 Å². The first-order valence-corrected chi connectivity index (χ1v) is 17.7. The average Bonchev–Trinajstić information content (AvgIpc) is 3.56. The molecule has 1 aromatic carbocycles. The number of benzene rings is 1. The number of carbonyl (C=O) groups excluding carboxylic acids is 5. The minimum Gasteiger partial charge on any atom is -0.456 e. The summed E-state index contributed by atoms with van der Waals surface area (Å²) in [7, 11) is 0.